The SMILES string of the molecule is CC(N)C1CCCCN1c1cccc(Cl)c1[N+](=O)[O-]. The molecule has 1 aliphatic rings. The molecule has 5 nitrogen and oxygen atoms in total. The first-order valence-electron chi connectivity index (χ1n) is 6.47. The van der Waals surface area contributed by atoms with E-state index in [1.165, 1.54) is 0 Å². The third-order valence-corrected chi connectivity index (χ3v) is 3.92. The number of rotatable bonds is 3. The van der Waals surface area contributed by atoms with E-state index in [1.807, 2.05) is 11.8 Å². The van der Waals surface area contributed by atoms with Crippen molar-refractivity contribution in [1.82, 2.24) is 0 Å². The summed E-state index contributed by atoms with van der Waals surface area (Å²) >= 11 is 5.97. The van der Waals surface area contributed by atoms with E-state index in [0.717, 1.165) is 25.8 Å². The highest BCUT2D eigenvalue weighted by Crippen LogP contribution is 2.38. The summed E-state index contributed by atoms with van der Waals surface area (Å²) in [5.74, 6) is 0. The number of nitrogens with zero attached hydrogens (tertiary/aromatic N) is 2. The molecule has 6 heteroatoms. The molecule has 1 saturated heterocycles. The van der Waals surface area contributed by atoms with E-state index >= 15 is 0 Å². The summed E-state index contributed by atoms with van der Waals surface area (Å²) in [4.78, 5) is 12.9. The highest BCUT2D eigenvalue weighted by molar-refractivity contribution is 6.33. The lowest BCUT2D eigenvalue weighted by atomic mass is 9.96. The van der Waals surface area contributed by atoms with Crippen molar-refractivity contribution in [3.05, 3.63) is 33.3 Å². The molecule has 1 aliphatic heterocycles. The average molecular weight is 284 g/mol. The zero-order valence-corrected chi connectivity index (χ0v) is 11.6. The fourth-order valence-corrected chi connectivity index (χ4v) is 2.96. The minimum absolute atomic E-state index is 0.0169. The first kappa shape index (κ1) is 14.1. The van der Waals surface area contributed by atoms with Crippen LogP contribution in [0.2, 0.25) is 5.02 Å². The summed E-state index contributed by atoms with van der Waals surface area (Å²) in [7, 11) is 0. The molecule has 0 bridgehead atoms. The Labute approximate surface area is 117 Å². The molecule has 1 heterocycles. The molecule has 2 N–H and O–H groups in total. The molecule has 2 unspecified atom stereocenters. The summed E-state index contributed by atoms with van der Waals surface area (Å²) in [6, 6.07) is 5.15. The topological polar surface area (TPSA) is 72.4 Å². The largest absolute Gasteiger partial charge is 0.361 e. The third-order valence-electron chi connectivity index (χ3n) is 3.61. The smallest absolute Gasteiger partial charge is 0.310 e. The van der Waals surface area contributed by atoms with Gasteiger partial charge in [0.1, 0.15) is 10.7 Å². The summed E-state index contributed by atoms with van der Waals surface area (Å²) in [5.41, 5.74) is 6.58. The highest BCUT2D eigenvalue weighted by Gasteiger charge is 2.31. The summed E-state index contributed by atoms with van der Waals surface area (Å²) in [5, 5.41) is 11.4. The van der Waals surface area contributed by atoms with Crippen LogP contribution in [0.4, 0.5) is 11.4 Å². The van der Waals surface area contributed by atoms with Crippen LogP contribution < -0.4 is 10.6 Å². The zero-order valence-electron chi connectivity index (χ0n) is 10.9. The molecule has 0 saturated carbocycles. The van der Waals surface area contributed by atoms with E-state index in [1.54, 1.807) is 18.2 Å². The van der Waals surface area contributed by atoms with Gasteiger partial charge in [0.15, 0.2) is 0 Å². The fourth-order valence-electron chi connectivity index (χ4n) is 2.72. The molecule has 104 valence electrons. The number of nitrogens with two attached hydrogens (primary N) is 1. The number of piperidine rings is 1. The molecule has 1 fully saturated rings. The minimum Gasteiger partial charge on any atom is -0.361 e. The van der Waals surface area contributed by atoms with Gasteiger partial charge in [-0.25, -0.2) is 0 Å². The van der Waals surface area contributed by atoms with E-state index in [9.17, 15) is 10.1 Å². The molecule has 1 aromatic carbocycles. The third kappa shape index (κ3) is 2.82. The number of benzene rings is 1. The molecular formula is C13H18ClN3O2. The van der Waals surface area contributed by atoms with Crippen LogP contribution in [-0.4, -0.2) is 23.6 Å². The Morgan fingerprint density at radius 2 is 2.26 bits per heavy atom. The molecular weight excluding hydrogens is 266 g/mol. The van der Waals surface area contributed by atoms with Crippen molar-refractivity contribution in [2.24, 2.45) is 5.73 Å². The van der Waals surface area contributed by atoms with Gasteiger partial charge in [0, 0.05) is 18.6 Å². The Kier molecular flexibility index (Phi) is 4.27. The van der Waals surface area contributed by atoms with Gasteiger partial charge in [-0.15, -0.1) is 0 Å². The van der Waals surface area contributed by atoms with Crippen LogP contribution >= 0.6 is 11.6 Å². The zero-order chi connectivity index (χ0) is 14.0. The van der Waals surface area contributed by atoms with Gasteiger partial charge in [0.25, 0.3) is 0 Å². The number of nitro benzene ring substituents is 1. The van der Waals surface area contributed by atoms with Crippen molar-refractivity contribution in [2.45, 2.75) is 38.3 Å². The number of para-hydroxylation sites is 1. The number of hydrogen-bond acceptors (Lipinski definition) is 4. The van der Waals surface area contributed by atoms with E-state index < -0.39 is 4.92 Å². The molecule has 0 amide bonds. The number of nitro groups is 1. The monoisotopic (exact) mass is 283 g/mol. The van der Waals surface area contributed by atoms with Crippen LogP contribution in [0.1, 0.15) is 26.2 Å². The van der Waals surface area contributed by atoms with Crippen LogP contribution in [-0.2, 0) is 0 Å². The average Bonchev–Trinajstić information content (AvgIpc) is 2.37. The van der Waals surface area contributed by atoms with Gasteiger partial charge in [-0.1, -0.05) is 17.7 Å². The molecule has 0 radical (unpaired) electrons. The van der Waals surface area contributed by atoms with Crippen molar-refractivity contribution in [3.8, 4) is 0 Å². The van der Waals surface area contributed by atoms with Crippen LogP contribution in [0.15, 0.2) is 18.2 Å². The van der Waals surface area contributed by atoms with Crippen molar-refractivity contribution < 1.29 is 4.92 Å². The van der Waals surface area contributed by atoms with Crippen LogP contribution in [0, 0.1) is 10.1 Å². The molecule has 0 aliphatic carbocycles. The van der Waals surface area contributed by atoms with Gasteiger partial charge in [0.2, 0.25) is 0 Å². The fraction of sp³-hybridized carbons (Fsp3) is 0.538. The maximum atomic E-state index is 11.2. The number of hydrogen-bond donors (Lipinski definition) is 1. The lowest BCUT2D eigenvalue weighted by Gasteiger charge is -2.39. The quantitative estimate of drug-likeness (QED) is 0.684. The van der Waals surface area contributed by atoms with Crippen LogP contribution in [0.3, 0.4) is 0 Å². The first-order valence-corrected chi connectivity index (χ1v) is 6.85. The summed E-state index contributed by atoms with van der Waals surface area (Å²) < 4.78 is 0. The van der Waals surface area contributed by atoms with Gasteiger partial charge in [-0.05, 0) is 38.3 Å². The Hall–Kier alpha value is -1.33. The van der Waals surface area contributed by atoms with E-state index in [4.69, 9.17) is 17.3 Å². The van der Waals surface area contributed by atoms with Crippen molar-refractivity contribution in [3.63, 3.8) is 0 Å². The van der Waals surface area contributed by atoms with Gasteiger partial charge >= 0.3 is 5.69 Å². The maximum Gasteiger partial charge on any atom is 0.310 e. The lowest BCUT2D eigenvalue weighted by Crippen LogP contribution is -2.49. The molecule has 0 spiro atoms. The Balaban J connectivity index is 2.44. The van der Waals surface area contributed by atoms with Crippen molar-refractivity contribution in [1.29, 1.82) is 0 Å². The van der Waals surface area contributed by atoms with Crippen molar-refractivity contribution in [2.75, 3.05) is 11.4 Å². The van der Waals surface area contributed by atoms with Crippen LogP contribution in [0.5, 0.6) is 0 Å². The van der Waals surface area contributed by atoms with Gasteiger partial charge in [-0.3, -0.25) is 10.1 Å². The predicted octanol–water partition coefficient (Wildman–Crippen LogP) is 2.95. The summed E-state index contributed by atoms with van der Waals surface area (Å²) in [6.45, 7) is 2.73. The Bertz CT molecular complexity index is 479. The normalized spacial score (nSPS) is 21.2. The van der Waals surface area contributed by atoms with Gasteiger partial charge < -0.3 is 10.6 Å². The second-order valence-electron chi connectivity index (χ2n) is 4.98. The standard InChI is InChI=1S/C13H18ClN3O2/c1-9(15)11-6-2-3-8-16(11)12-7-4-5-10(14)13(12)17(18)19/h4-5,7,9,11H,2-3,6,8,15H2,1H3. The highest BCUT2D eigenvalue weighted by atomic mass is 35.5. The van der Waals surface area contributed by atoms with Crippen LogP contribution in [0.25, 0.3) is 0 Å². The molecule has 2 atom stereocenters. The molecule has 19 heavy (non-hydrogen) atoms. The second-order valence-corrected chi connectivity index (χ2v) is 5.39. The maximum absolute atomic E-state index is 11.2. The van der Waals surface area contributed by atoms with E-state index in [-0.39, 0.29) is 22.8 Å². The Morgan fingerprint density at radius 1 is 1.53 bits per heavy atom. The van der Waals surface area contributed by atoms with E-state index in [0.29, 0.717) is 5.69 Å². The second kappa shape index (κ2) is 5.75. The molecule has 1 aromatic rings. The van der Waals surface area contributed by atoms with E-state index in [2.05, 4.69) is 0 Å². The number of anilines is 1. The Morgan fingerprint density at radius 3 is 2.89 bits per heavy atom. The predicted molar refractivity (Wildman–Crippen MR) is 76.7 cm³/mol. The lowest BCUT2D eigenvalue weighted by molar-refractivity contribution is -0.384. The molecule has 2 rings (SSSR count). The summed E-state index contributed by atoms with van der Waals surface area (Å²) in [6.07, 6.45) is 3.09. The number of halogens is 1. The van der Waals surface area contributed by atoms with Gasteiger partial charge in [-0.2, -0.15) is 0 Å². The first-order chi connectivity index (χ1) is 9.02. The van der Waals surface area contributed by atoms with Crippen molar-refractivity contribution >= 4 is 23.0 Å². The van der Waals surface area contributed by atoms with Gasteiger partial charge in [0.05, 0.1) is 4.92 Å². The molecule has 0 aromatic heterocycles. The minimum atomic E-state index is -0.412.